The number of methoxy groups -OCH3 is 1. The molecule has 0 saturated carbocycles. The summed E-state index contributed by atoms with van der Waals surface area (Å²) in [5, 5.41) is 4.71. The average Bonchev–Trinajstić information content (AvgIpc) is 2.68. The van der Waals surface area contributed by atoms with Gasteiger partial charge in [-0.3, -0.25) is 4.98 Å². The molecule has 1 aliphatic carbocycles. The topological polar surface area (TPSA) is 60.5 Å². The molecular weight excluding hydrogens is 364 g/mol. The smallest absolute Gasteiger partial charge is 0.341 e. The first kappa shape index (κ1) is 19.5. The molecule has 0 unspecified atom stereocenters. The van der Waals surface area contributed by atoms with Gasteiger partial charge >= 0.3 is 5.97 Å². The summed E-state index contributed by atoms with van der Waals surface area (Å²) in [5.74, 6) is 0.158. The van der Waals surface area contributed by atoms with Crippen LogP contribution in [-0.4, -0.2) is 31.2 Å². The number of esters is 1. The van der Waals surface area contributed by atoms with E-state index in [1.807, 2.05) is 6.07 Å². The number of pyridine rings is 1. The fourth-order valence-corrected chi connectivity index (χ4v) is 3.62. The lowest BCUT2D eigenvalue weighted by atomic mass is 9.97. The Labute approximate surface area is 164 Å². The van der Waals surface area contributed by atoms with E-state index in [1.54, 1.807) is 26.3 Å². The zero-order valence-electron chi connectivity index (χ0n) is 15.8. The SMILES string of the molecule is CCOC(=O)c1cnc2cc(Cl)c(OC)cc2c1NCCC1=CCCCC1. The van der Waals surface area contributed by atoms with Crippen molar-refractivity contribution in [1.29, 1.82) is 0 Å². The Bertz CT molecular complexity index is 864. The number of allylic oxidation sites excluding steroid dienone is 1. The normalized spacial score (nSPS) is 14.0. The van der Waals surface area contributed by atoms with Crippen molar-refractivity contribution in [3.8, 4) is 5.75 Å². The summed E-state index contributed by atoms with van der Waals surface area (Å²) in [6, 6.07) is 3.56. The van der Waals surface area contributed by atoms with Gasteiger partial charge in [-0.2, -0.15) is 0 Å². The third-order valence-electron chi connectivity index (χ3n) is 4.77. The van der Waals surface area contributed by atoms with E-state index in [-0.39, 0.29) is 5.97 Å². The number of hydrogen-bond acceptors (Lipinski definition) is 5. The molecule has 0 amide bonds. The molecule has 1 aromatic carbocycles. The second-order valence-electron chi connectivity index (χ2n) is 6.56. The minimum absolute atomic E-state index is 0.313. The summed E-state index contributed by atoms with van der Waals surface area (Å²) in [6.07, 6.45) is 9.70. The molecule has 1 heterocycles. The number of benzene rings is 1. The van der Waals surface area contributed by atoms with Crippen LogP contribution in [-0.2, 0) is 4.74 Å². The number of aromatic nitrogens is 1. The Morgan fingerprint density at radius 2 is 2.19 bits per heavy atom. The zero-order chi connectivity index (χ0) is 19.2. The molecule has 0 atom stereocenters. The zero-order valence-corrected chi connectivity index (χ0v) is 16.6. The minimum Gasteiger partial charge on any atom is -0.495 e. The third kappa shape index (κ3) is 4.53. The highest BCUT2D eigenvalue weighted by atomic mass is 35.5. The van der Waals surface area contributed by atoms with Crippen molar-refractivity contribution in [3.05, 3.63) is 40.6 Å². The van der Waals surface area contributed by atoms with Crippen LogP contribution in [0.25, 0.3) is 10.9 Å². The van der Waals surface area contributed by atoms with Gasteiger partial charge < -0.3 is 14.8 Å². The summed E-state index contributed by atoms with van der Waals surface area (Å²) in [6.45, 7) is 2.84. The molecule has 0 saturated heterocycles. The van der Waals surface area contributed by atoms with Crippen LogP contribution in [0.1, 0.15) is 49.4 Å². The maximum Gasteiger partial charge on any atom is 0.341 e. The Hall–Kier alpha value is -2.27. The van der Waals surface area contributed by atoms with Crippen molar-refractivity contribution < 1.29 is 14.3 Å². The van der Waals surface area contributed by atoms with Gasteiger partial charge in [0.25, 0.3) is 0 Å². The van der Waals surface area contributed by atoms with Crippen molar-refractivity contribution in [2.24, 2.45) is 0 Å². The van der Waals surface area contributed by atoms with E-state index in [0.29, 0.717) is 34.1 Å². The number of carbonyl (C=O) groups excluding carboxylic acids is 1. The van der Waals surface area contributed by atoms with Gasteiger partial charge in [0.2, 0.25) is 0 Å². The lowest BCUT2D eigenvalue weighted by Gasteiger charge is -2.17. The van der Waals surface area contributed by atoms with Crippen molar-refractivity contribution in [2.75, 3.05) is 25.6 Å². The molecule has 2 aromatic rings. The van der Waals surface area contributed by atoms with Gasteiger partial charge in [0.05, 0.1) is 29.9 Å². The molecule has 144 valence electrons. The number of hydrogen-bond donors (Lipinski definition) is 1. The molecule has 5 nitrogen and oxygen atoms in total. The monoisotopic (exact) mass is 388 g/mol. The molecule has 0 spiro atoms. The lowest BCUT2D eigenvalue weighted by molar-refractivity contribution is 0.0527. The molecule has 0 radical (unpaired) electrons. The number of ether oxygens (including phenoxy) is 2. The number of fused-ring (bicyclic) bond motifs is 1. The Kier molecular flexibility index (Phi) is 6.56. The predicted octanol–water partition coefficient (Wildman–Crippen LogP) is 5.38. The molecule has 0 fully saturated rings. The Morgan fingerprint density at radius 1 is 1.33 bits per heavy atom. The summed E-state index contributed by atoms with van der Waals surface area (Å²) < 4.78 is 10.5. The second kappa shape index (κ2) is 9.09. The Balaban J connectivity index is 1.95. The van der Waals surface area contributed by atoms with Crippen LogP contribution < -0.4 is 10.1 Å². The molecule has 27 heavy (non-hydrogen) atoms. The van der Waals surface area contributed by atoms with Crippen LogP contribution in [0.5, 0.6) is 5.75 Å². The highest BCUT2D eigenvalue weighted by Gasteiger charge is 2.18. The first-order valence-corrected chi connectivity index (χ1v) is 9.77. The fraction of sp³-hybridized carbons (Fsp3) is 0.429. The Morgan fingerprint density at radius 3 is 2.89 bits per heavy atom. The minimum atomic E-state index is -0.389. The van der Waals surface area contributed by atoms with Gasteiger partial charge in [0.15, 0.2) is 0 Å². The predicted molar refractivity (Wildman–Crippen MR) is 109 cm³/mol. The molecule has 3 rings (SSSR count). The second-order valence-corrected chi connectivity index (χ2v) is 6.96. The highest BCUT2D eigenvalue weighted by Crippen LogP contribution is 2.34. The van der Waals surface area contributed by atoms with Gasteiger partial charge in [0, 0.05) is 18.1 Å². The highest BCUT2D eigenvalue weighted by molar-refractivity contribution is 6.33. The number of halogens is 1. The fourth-order valence-electron chi connectivity index (χ4n) is 3.38. The largest absolute Gasteiger partial charge is 0.495 e. The molecule has 1 aliphatic rings. The molecule has 1 aromatic heterocycles. The maximum absolute atomic E-state index is 12.4. The van der Waals surface area contributed by atoms with E-state index in [0.717, 1.165) is 31.2 Å². The van der Waals surface area contributed by atoms with E-state index in [1.165, 1.54) is 18.4 Å². The molecule has 6 heteroatoms. The van der Waals surface area contributed by atoms with E-state index < -0.39 is 0 Å². The summed E-state index contributed by atoms with van der Waals surface area (Å²) >= 11 is 6.23. The van der Waals surface area contributed by atoms with E-state index in [2.05, 4.69) is 16.4 Å². The van der Waals surface area contributed by atoms with Crippen LogP contribution >= 0.6 is 11.6 Å². The van der Waals surface area contributed by atoms with Crippen LogP contribution in [0.3, 0.4) is 0 Å². The average molecular weight is 389 g/mol. The number of anilines is 1. The standard InChI is InChI=1S/C21H25ClN2O3/c1-3-27-21(25)16-13-24-18-12-17(22)19(26-2)11-15(18)20(16)23-10-9-14-7-5-4-6-8-14/h7,11-13H,3-6,8-10H2,1-2H3,(H,23,24). The third-order valence-corrected chi connectivity index (χ3v) is 5.07. The quantitative estimate of drug-likeness (QED) is 0.510. The van der Waals surface area contributed by atoms with Crippen LogP contribution in [0.2, 0.25) is 5.02 Å². The molecule has 1 N–H and O–H groups in total. The van der Waals surface area contributed by atoms with Crippen molar-refractivity contribution >= 4 is 34.2 Å². The van der Waals surface area contributed by atoms with E-state index in [4.69, 9.17) is 21.1 Å². The number of nitrogens with zero attached hydrogens (tertiary/aromatic N) is 1. The van der Waals surface area contributed by atoms with Crippen molar-refractivity contribution in [3.63, 3.8) is 0 Å². The van der Waals surface area contributed by atoms with Crippen LogP contribution in [0.4, 0.5) is 5.69 Å². The molecule has 0 bridgehead atoms. The first-order valence-electron chi connectivity index (χ1n) is 9.39. The summed E-state index contributed by atoms with van der Waals surface area (Å²) in [4.78, 5) is 16.8. The van der Waals surface area contributed by atoms with Gasteiger partial charge in [-0.05, 0) is 51.2 Å². The molecular formula is C21H25ClN2O3. The van der Waals surface area contributed by atoms with Gasteiger partial charge in [-0.15, -0.1) is 0 Å². The van der Waals surface area contributed by atoms with Crippen molar-refractivity contribution in [2.45, 2.75) is 39.0 Å². The van der Waals surface area contributed by atoms with E-state index in [9.17, 15) is 4.79 Å². The van der Waals surface area contributed by atoms with Crippen LogP contribution in [0, 0.1) is 0 Å². The van der Waals surface area contributed by atoms with Gasteiger partial charge in [-0.25, -0.2) is 4.79 Å². The maximum atomic E-state index is 12.4. The number of nitrogens with one attached hydrogen (secondary N) is 1. The first-order chi connectivity index (χ1) is 13.1. The van der Waals surface area contributed by atoms with Gasteiger partial charge in [-0.1, -0.05) is 23.3 Å². The summed E-state index contributed by atoms with van der Waals surface area (Å²) in [7, 11) is 1.57. The van der Waals surface area contributed by atoms with Crippen molar-refractivity contribution in [1.82, 2.24) is 4.98 Å². The lowest BCUT2D eigenvalue weighted by Crippen LogP contribution is -2.12. The van der Waals surface area contributed by atoms with Gasteiger partial charge in [0.1, 0.15) is 11.3 Å². The molecule has 0 aliphatic heterocycles. The number of carbonyl (C=O) groups is 1. The number of rotatable bonds is 7. The van der Waals surface area contributed by atoms with E-state index >= 15 is 0 Å². The summed E-state index contributed by atoms with van der Waals surface area (Å²) in [5.41, 5.74) is 3.31. The van der Waals surface area contributed by atoms with Crippen LogP contribution in [0.15, 0.2) is 30.0 Å².